The summed E-state index contributed by atoms with van der Waals surface area (Å²) in [6.07, 6.45) is 0. The van der Waals surface area contributed by atoms with Crippen LogP contribution < -0.4 is 0 Å². The van der Waals surface area contributed by atoms with E-state index in [9.17, 15) is 0 Å². The number of hydrogen-bond donors (Lipinski definition) is 6. The van der Waals surface area contributed by atoms with Crippen LogP contribution in [0.4, 0.5) is 0 Å². The molecule has 0 amide bonds. The highest BCUT2D eigenvalue weighted by atomic mass is 14.8. The highest BCUT2D eigenvalue weighted by Crippen LogP contribution is 2.48. The fourth-order valence-corrected chi connectivity index (χ4v) is 11.4. The van der Waals surface area contributed by atoms with Gasteiger partial charge in [-0.25, -0.2) is 0 Å². The number of benzene rings is 10. The number of fused-ring (bicyclic) bond motifs is 27. The van der Waals surface area contributed by atoms with Crippen molar-refractivity contribution in [3.63, 3.8) is 0 Å². The Hall–Kier alpha value is -8.22. The zero-order chi connectivity index (χ0) is 38.5. The normalized spacial score (nSPS) is 13.0. The lowest BCUT2D eigenvalue weighted by Gasteiger charge is -2.01. The molecule has 6 N–H and O–H groups in total. The predicted octanol–water partition coefficient (Wildman–Crippen LogP) is 15.0. The first-order valence-corrected chi connectivity index (χ1v) is 20.7. The van der Waals surface area contributed by atoms with Crippen LogP contribution in [0.5, 0.6) is 0 Å². The summed E-state index contributed by atoms with van der Waals surface area (Å²) in [4.78, 5) is 23.5. The number of H-pyrrole nitrogens is 6. The number of rotatable bonds is 0. The molecule has 276 valence electrons. The van der Waals surface area contributed by atoms with Crippen LogP contribution in [0.25, 0.3) is 163 Å². The summed E-state index contributed by atoms with van der Waals surface area (Å²) in [6, 6.07) is 53.6. The van der Waals surface area contributed by atoms with Gasteiger partial charge >= 0.3 is 0 Å². The summed E-state index contributed by atoms with van der Waals surface area (Å²) < 4.78 is 0. The lowest BCUT2D eigenvalue weighted by atomic mass is 9.99. The van der Waals surface area contributed by atoms with Gasteiger partial charge < -0.3 is 29.9 Å². The minimum absolute atomic E-state index is 1.12. The second-order valence-electron chi connectivity index (χ2n) is 17.0. The van der Waals surface area contributed by atoms with Crippen LogP contribution >= 0.6 is 0 Å². The van der Waals surface area contributed by atoms with Crippen molar-refractivity contribution in [2.24, 2.45) is 0 Å². The molecule has 0 aliphatic heterocycles. The van der Waals surface area contributed by atoms with Crippen molar-refractivity contribution in [1.29, 1.82) is 0 Å². The summed E-state index contributed by atoms with van der Waals surface area (Å²) in [5.41, 5.74) is 13.6. The topological polar surface area (TPSA) is 94.7 Å². The van der Waals surface area contributed by atoms with Crippen molar-refractivity contribution < 1.29 is 0 Å². The Bertz CT molecular complexity index is 4150. The van der Waals surface area contributed by atoms with E-state index >= 15 is 0 Å². The molecule has 6 heteroatoms. The Morgan fingerprint density at radius 3 is 0.783 bits per heavy atom. The summed E-state index contributed by atoms with van der Waals surface area (Å²) in [7, 11) is 0. The maximum absolute atomic E-state index is 4.03. The van der Waals surface area contributed by atoms with E-state index < -0.39 is 0 Å². The summed E-state index contributed by atoms with van der Waals surface area (Å²) in [6.45, 7) is 0. The maximum Gasteiger partial charge on any atom is 0.0588 e. The molecule has 0 fully saturated rings. The second kappa shape index (κ2) is 10.1. The molecule has 0 bridgehead atoms. The minimum Gasteiger partial charge on any atom is -0.354 e. The lowest BCUT2D eigenvalue weighted by molar-refractivity contribution is 1.54. The van der Waals surface area contributed by atoms with Gasteiger partial charge in [0.15, 0.2) is 0 Å². The Kier molecular flexibility index (Phi) is 5.03. The van der Waals surface area contributed by atoms with Gasteiger partial charge in [-0.15, -0.1) is 0 Å². The Labute approximate surface area is 337 Å². The first kappa shape index (κ1) is 29.9. The molecule has 0 aliphatic carbocycles. The van der Waals surface area contributed by atoms with Gasteiger partial charge in [0, 0.05) is 114 Å². The van der Waals surface area contributed by atoms with Crippen LogP contribution in [-0.2, 0) is 0 Å². The first-order chi connectivity index (χ1) is 29.7. The van der Waals surface area contributed by atoms with Crippen molar-refractivity contribution in [2.75, 3.05) is 0 Å². The quantitative estimate of drug-likeness (QED) is 0.0888. The molecule has 16 aromatic rings. The Morgan fingerprint density at radius 1 is 0.200 bits per heavy atom. The molecule has 16 rings (SSSR count). The summed E-state index contributed by atoms with van der Waals surface area (Å²) in [5, 5.41) is 22.2. The van der Waals surface area contributed by atoms with Gasteiger partial charge in [-0.3, -0.25) is 0 Å². The van der Waals surface area contributed by atoms with Crippen LogP contribution in [0.15, 0.2) is 146 Å². The Morgan fingerprint density at radius 2 is 0.467 bits per heavy atom. The molecule has 0 saturated carbocycles. The average molecular weight is 763 g/mol. The molecule has 0 radical (unpaired) electrons. The molecular weight excluding hydrogens is 733 g/mol. The van der Waals surface area contributed by atoms with Gasteiger partial charge in [-0.05, 0) is 86.9 Å². The van der Waals surface area contributed by atoms with Gasteiger partial charge in [-0.2, -0.15) is 0 Å². The van der Waals surface area contributed by atoms with Crippen LogP contribution in [-0.4, -0.2) is 29.9 Å². The molecule has 6 aromatic heterocycles. The fraction of sp³-hybridized carbons (Fsp3) is 0. The molecule has 6 heterocycles. The number of aromatic nitrogens is 6. The molecule has 0 unspecified atom stereocenters. The summed E-state index contributed by atoms with van der Waals surface area (Å²) in [5.74, 6) is 0. The van der Waals surface area contributed by atoms with Gasteiger partial charge in [0.1, 0.15) is 0 Å². The molecule has 0 spiro atoms. The maximum atomic E-state index is 4.03. The van der Waals surface area contributed by atoms with E-state index in [1.165, 1.54) is 97.0 Å². The number of hydrogen-bond acceptors (Lipinski definition) is 0. The SMILES string of the molecule is c1ccc2c(c1)ccc1[nH]c3cc4c(cc3c12)[nH]c1c4c2[nH]c3cc4c(cc3c2c2[nH]c3cc5c(cc3c12)[nH]c1ccc2ccccc2c15)[nH]c1ccc2ccccc2c14. The van der Waals surface area contributed by atoms with Crippen molar-refractivity contribution in [3.05, 3.63) is 146 Å². The van der Waals surface area contributed by atoms with E-state index in [2.05, 4.69) is 175 Å². The molecule has 10 aromatic carbocycles. The predicted molar refractivity (Wildman–Crippen MR) is 255 cm³/mol. The van der Waals surface area contributed by atoms with Gasteiger partial charge in [-0.1, -0.05) is 91.0 Å². The Balaban J connectivity index is 1.10. The molecule has 6 nitrogen and oxygen atoms in total. The van der Waals surface area contributed by atoms with Crippen LogP contribution in [0, 0.1) is 0 Å². The molecule has 60 heavy (non-hydrogen) atoms. The van der Waals surface area contributed by atoms with E-state index in [1.807, 2.05) is 0 Å². The number of nitrogens with one attached hydrogen (secondary N) is 6. The molecular formula is C54H30N6. The smallest absolute Gasteiger partial charge is 0.0588 e. The first-order valence-electron chi connectivity index (χ1n) is 20.7. The highest BCUT2D eigenvalue weighted by molar-refractivity contribution is 6.41. The van der Waals surface area contributed by atoms with Crippen LogP contribution in [0.1, 0.15) is 0 Å². The van der Waals surface area contributed by atoms with E-state index in [4.69, 9.17) is 0 Å². The third kappa shape index (κ3) is 3.51. The van der Waals surface area contributed by atoms with Gasteiger partial charge in [0.2, 0.25) is 0 Å². The standard InChI is InChI=1S/C54H30N6/c1-4-10-28-25(7-1)13-16-37-46(28)31-19-43-34(22-40(31)55-37)49-52(58-43)50-35-23-41-32(47-29-11-5-2-8-26(29)14-17-38(47)56-41)20-44(35)60-54(50)51-36-24-42-33(21-45(36)59-53(49)51)48-30-12-6-3-9-27(30)15-18-39(48)57-42/h1-24,55-60H. The number of aromatic amines is 6. The molecule has 0 saturated heterocycles. The monoisotopic (exact) mass is 762 g/mol. The largest absolute Gasteiger partial charge is 0.354 e. The van der Waals surface area contributed by atoms with Crippen LogP contribution in [0.2, 0.25) is 0 Å². The highest BCUT2D eigenvalue weighted by Gasteiger charge is 2.24. The summed E-state index contributed by atoms with van der Waals surface area (Å²) >= 11 is 0. The third-order valence-corrected chi connectivity index (χ3v) is 14.0. The second-order valence-corrected chi connectivity index (χ2v) is 17.0. The third-order valence-electron chi connectivity index (χ3n) is 14.0. The van der Waals surface area contributed by atoms with E-state index in [-0.39, 0.29) is 0 Å². The van der Waals surface area contributed by atoms with Crippen molar-refractivity contribution >= 4 is 163 Å². The van der Waals surface area contributed by atoms with Crippen molar-refractivity contribution in [2.45, 2.75) is 0 Å². The molecule has 0 atom stereocenters. The molecule has 0 aliphatic rings. The van der Waals surface area contributed by atoms with Gasteiger partial charge in [0.05, 0.1) is 16.6 Å². The van der Waals surface area contributed by atoms with Crippen molar-refractivity contribution in [3.8, 4) is 0 Å². The zero-order valence-corrected chi connectivity index (χ0v) is 31.9. The van der Waals surface area contributed by atoms with Gasteiger partial charge in [0.25, 0.3) is 0 Å². The minimum atomic E-state index is 1.12. The van der Waals surface area contributed by atoms with E-state index in [1.54, 1.807) is 0 Å². The van der Waals surface area contributed by atoms with Crippen LogP contribution in [0.3, 0.4) is 0 Å². The lowest BCUT2D eigenvalue weighted by Crippen LogP contribution is -1.78. The van der Waals surface area contributed by atoms with E-state index in [0.29, 0.717) is 0 Å². The average Bonchev–Trinajstić information content (AvgIpc) is 4.13. The fourth-order valence-electron chi connectivity index (χ4n) is 11.4. The zero-order valence-electron chi connectivity index (χ0n) is 31.9. The van der Waals surface area contributed by atoms with E-state index in [0.717, 1.165) is 66.2 Å². The van der Waals surface area contributed by atoms with Crippen molar-refractivity contribution in [1.82, 2.24) is 29.9 Å².